The molecular formula is C15H8F15IO. The fourth-order valence-electron chi connectivity index (χ4n) is 2.16. The van der Waals surface area contributed by atoms with Crippen molar-refractivity contribution < 1.29 is 70.6 Å². The number of rotatable bonds is 8. The van der Waals surface area contributed by atoms with Gasteiger partial charge in [-0.15, -0.1) is 0 Å². The van der Waals surface area contributed by atoms with Crippen LogP contribution in [0.15, 0.2) is 24.3 Å². The summed E-state index contributed by atoms with van der Waals surface area (Å²) in [6.07, 6.45) is -22.4. The summed E-state index contributed by atoms with van der Waals surface area (Å²) in [7, 11) is 0. The van der Waals surface area contributed by atoms with Crippen molar-refractivity contribution >= 4 is 22.6 Å². The van der Waals surface area contributed by atoms with Gasteiger partial charge in [0.2, 0.25) is 0 Å². The van der Waals surface area contributed by atoms with E-state index in [9.17, 15) is 65.9 Å². The molecule has 0 amide bonds. The Morgan fingerprint density at radius 2 is 1.00 bits per heavy atom. The Hall–Kier alpha value is -1.30. The van der Waals surface area contributed by atoms with Crippen molar-refractivity contribution in [3.05, 3.63) is 29.8 Å². The van der Waals surface area contributed by atoms with E-state index in [4.69, 9.17) is 0 Å². The third kappa shape index (κ3) is 4.41. The van der Waals surface area contributed by atoms with Crippen molar-refractivity contribution in [1.29, 1.82) is 0 Å². The molecule has 186 valence electrons. The second kappa shape index (κ2) is 8.48. The quantitative estimate of drug-likeness (QED) is 0.169. The monoisotopic (exact) mass is 616 g/mol. The number of halogens is 16. The Morgan fingerprint density at radius 1 is 0.594 bits per heavy atom. The fraction of sp³-hybridized carbons (Fsp3) is 0.600. The van der Waals surface area contributed by atoms with Crippen molar-refractivity contribution in [3.8, 4) is 5.75 Å². The predicted molar refractivity (Wildman–Crippen MR) is 85.4 cm³/mol. The molecule has 1 aromatic rings. The summed E-state index contributed by atoms with van der Waals surface area (Å²) in [4.78, 5) is 0. The zero-order valence-electron chi connectivity index (χ0n) is 14.7. The maximum atomic E-state index is 13.7. The van der Waals surface area contributed by atoms with Crippen molar-refractivity contribution in [2.24, 2.45) is 0 Å². The minimum absolute atomic E-state index is 0.297. The van der Waals surface area contributed by atoms with Gasteiger partial charge in [-0.2, -0.15) is 61.5 Å². The first-order chi connectivity index (χ1) is 14.0. The number of alkyl halides is 16. The zero-order valence-corrected chi connectivity index (χ0v) is 16.8. The second-order valence-electron chi connectivity index (χ2n) is 6.08. The van der Waals surface area contributed by atoms with Crippen molar-refractivity contribution in [1.82, 2.24) is 0 Å². The fourth-order valence-corrected chi connectivity index (χ4v) is 2.78. The first-order valence-electron chi connectivity index (χ1n) is 7.69. The third-order valence-electron chi connectivity index (χ3n) is 3.92. The standard InChI is InChI=1S/C15H8F15IO/c16-9(13(23,24)25,14(26,27)28)10(17,18)11(19,20)12(21,22)15(29,30)32-8-3-1-7(2-4-8)5-6-31/h1-4H,5-6H2. The molecule has 0 spiro atoms. The van der Waals surface area contributed by atoms with Crippen LogP contribution in [0.1, 0.15) is 5.56 Å². The first kappa shape index (κ1) is 28.7. The Balaban J connectivity index is 3.50. The molecule has 0 aliphatic carbocycles. The number of benzene rings is 1. The number of hydrogen-bond donors (Lipinski definition) is 0. The van der Waals surface area contributed by atoms with Crippen LogP contribution in [-0.4, -0.2) is 46.3 Å². The highest BCUT2D eigenvalue weighted by atomic mass is 127. The van der Waals surface area contributed by atoms with E-state index in [1.807, 2.05) is 22.6 Å². The molecule has 1 rings (SSSR count). The lowest BCUT2D eigenvalue weighted by Gasteiger charge is -2.42. The topological polar surface area (TPSA) is 9.23 Å². The molecule has 17 heteroatoms. The highest BCUT2D eigenvalue weighted by Gasteiger charge is 2.96. The van der Waals surface area contributed by atoms with Crippen LogP contribution < -0.4 is 4.74 Å². The van der Waals surface area contributed by atoms with Gasteiger partial charge in [0.05, 0.1) is 0 Å². The summed E-state index contributed by atoms with van der Waals surface area (Å²) in [5.41, 5.74) is -7.95. The lowest BCUT2D eigenvalue weighted by molar-refractivity contribution is -0.469. The molecule has 1 aromatic carbocycles. The third-order valence-corrected chi connectivity index (χ3v) is 4.46. The summed E-state index contributed by atoms with van der Waals surface area (Å²) < 4.78 is 200. The normalized spacial score (nSPS) is 15.1. The van der Waals surface area contributed by atoms with Gasteiger partial charge in [0.1, 0.15) is 5.75 Å². The molecular weight excluding hydrogens is 608 g/mol. The number of hydrogen-bond acceptors (Lipinski definition) is 1. The van der Waals surface area contributed by atoms with Crippen LogP contribution in [0.5, 0.6) is 5.75 Å². The van der Waals surface area contributed by atoms with Gasteiger partial charge in [-0.25, -0.2) is 4.39 Å². The molecule has 0 N–H and O–H groups in total. The zero-order chi connectivity index (χ0) is 25.6. The summed E-state index contributed by atoms with van der Waals surface area (Å²) in [5, 5.41) is 0. The Bertz CT molecular complexity index is 768. The summed E-state index contributed by atoms with van der Waals surface area (Å²) in [6.45, 7) is 0. The van der Waals surface area contributed by atoms with Gasteiger partial charge in [0.15, 0.2) is 0 Å². The molecule has 0 bridgehead atoms. The van der Waals surface area contributed by atoms with Crippen LogP contribution in [0.4, 0.5) is 65.9 Å². The van der Waals surface area contributed by atoms with Crippen LogP contribution in [0.25, 0.3) is 0 Å². The van der Waals surface area contributed by atoms with Crippen LogP contribution in [-0.2, 0) is 6.42 Å². The van der Waals surface area contributed by atoms with Gasteiger partial charge in [0.25, 0.3) is 0 Å². The van der Waals surface area contributed by atoms with E-state index in [0.29, 0.717) is 28.5 Å². The molecule has 0 unspecified atom stereocenters. The lowest BCUT2D eigenvalue weighted by atomic mass is 9.87. The van der Waals surface area contributed by atoms with E-state index in [2.05, 4.69) is 4.74 Å². The van der Waals surface area contributed by atoms with E-state index in [0.717, 1.165) is 12.1 Å². The summed E-state index contributed by atoms with van der Waals surface area (Å²) >= 11 is 1.87. The van der Waals surface area contributed by atoms with Crippen molar-refractivity contribution in [2.75, 3.05) is 4.43 Å². The van der Waals surface area contributed by atoms with Crippen LogP contribution in [0, 0.1) is 0 Å². The highest BCUT2D eigenvalue weighted by molar-refractivity contribution is 14.1. The largest absolute Gasteiger partial charge is 0.471 e. The van der Waals surface area contributed by atoms with Crippen molar-refractivity contribution in [3.63, 3.8) is 0 Å². The van der Waals surface area contributed by atoms with Crippen molar-refractivity contribution in [2.45, 2.75) is 48.3 Å². The maximum Gasteiger partial charge on any atom is 0.471 e. The van der Waals surface area contributed by atoms with Gasteiger partial charge in [-0.1, -0.05) is 34.7 Å². The molecule has 0 saturated heterocycles. The Kier molecular flexibility index (Phi) is 7.62. The van der Waals surface area contributed by atoms with Crippen LogP contribution in [0.3, 0.4) is 0 Å². The minimum atomic E-state index is -8.46. The molecule has 32 heavy (non-hydrogen) atoms. The molecule has 0 fully saturated rings. The van der Waals surface area contributed by atoms with Crippen LogP contribution >= 0.6 is 22.6 Å². The molecule has 0 saturated carbocycles. The predicted octanol–water partition coefficient (Wildman–Crippen LogP) is 7.37. The minimum Gasteiger partial charge on any atom is -0.428 e. The average molecular weight is 616 g/mol. The van der Waals surface area contributed by atoms with Gasteiger partial charge < -0.3 is 4.74 Å². The maximum absolute atomic E-state index is 13.7. The Morgan fingerprint density at radius 3 is 1.34 bits per heavy atom. The van der Waals surface area contributed by atoms with E-state index in [1.54, 1.807) is 0 Å². The second-order valence-corrected chi connectivity index (χ2v) is 7.16. The number of aryl methyl sites for hydroxylation is 1. The van der Waals surface area contributed by atoms with E-state index < -0.39 is 47.6 Å². The van der Waals surface area contributed by atoms with E-state index >= 15 is 0 Å². The molecule has 0 heterocycles. The molecule has 0 radical (unpaired) electrons. The molecule has 0 atom stereocenters. The van der Waals surface area contributed by atoms with Crippen LogP contribution in [0.2, 0.25) is 0 Å². The van der Waals surface area contributed by atoms with E-state index in [1.165, 1.54) is 0 Å². The first-order valence-corrected chi connectivity index (χ1v) is 9.21. The average Bonchev–Trinajstić information content (AvgIpc) is 2.60. The van der Waals surface area contributed by atoms with Gasteiger partial charge >= 0.3 is 41.9 Å². The summed E-state index contributed by atoms with van der Waals surface area (Å²) in [5.74, 6) is -25.9. The Labute approximate surface area is 182 Å². The summed E-state index contributed by atoms with van der Waals surface area (Å²) in [6, 6.07) is 2.81. The molecule has 0 aliphatic heterocycles. The smallest absolute Gasteiger partial charge is 0.428 e. The lowest BCUT2D eigenvalue weighted by Crippen LogP contribution is -2.75. The molecule has 0 aliphatic rings. The van der Waals surface area contributed by atoms with Gasteiger partial charge in [-0.3, -0.25) is 0 Å². The highest BCUT2D eigenvalue weighted by Crippen LogP contribution is 2.63. The number of ether oxygens (including phenoxy) is 1. The SMILES string of the molecule is FC(F)(F)C(F)(C(F)(F)F)C(F)(F)C(F)(F)C(F)(F)C(F)(F)Oc1ccc(CCI)cc1. The van der Waals surface area contributed by atoms with Gasteiger partial charge in [-0.05, 0) is 24.1 Å². The molecule has 0 aromatic heterocycles. The molecule has 1 nitrogen and oxygen atoms in total. The van der Waals surface area contributed by atoms with E-state index in [-0.39, 0.29) is 0 Å². The van der Waals surface area contributed by atoms with Gasteiger partial charge in [0, 0.05) is 4.43 Å².